The summed E-state index contributed by atoms with van der Waals surface area (Å²) in [5, 5.41) is 0. The number of hydrogen-bond acceptors (Lipinski definition) is 2. The minimum absolute atomic E-state index is 0.00609. The molecule has 2 fully saturated rings. The fourth-order valence-corrected chi connectivity index (χ4v) is 2.83. The van der Waals surface area contributed by atoms with Gasteiger partial charge in [-0.05, 0) is 24.7 Å². The maximum absolute atomic E-state index is 11.0. The molecule has 1 saturated heterocycles. The highest BCUT2D eigenvalue weighted by atomic mass is 16.5. The van der Waals surface area contributed by atoms with Crippen molar-refractivity contribution in [1.29, 1.82) is 0 Å². The molecule has 68 valence electrons. The lowest BCUT2D eigenvalue weighted by Gasteiger charge is -2.34. The first-order chi connectivity index (χ1) is 5.60. The van der Waals surface area contributed by atoms with Gasteiger partial charge in [-0.1, -0.05) is 13.8 Å². The Balaban J connectivity index is 2.15. The van der Waals surface area contributed by atoms with E-state index >= 15 is 0 Å². The van der Waals surface area contributed by atoms with Crippen LogP contribution >= 0.6 is 0 Å². The normalized spacial score (nSPS) is 47.0. The fourth-order valence-electron chi connectivity index (χ4n) is 2.83. The molecule has 3 atom stereocenters. The summed E-state index contributed by atoms with van der Waals surface area (Å²) in [7, 11) is 0. The SMILES string of the molecule is C[C@@H]1C[C@@H]2CC(=O)OC[C@]2(C)C1. The molecule has 2 nitrogen and oxygen atoms in total. The van der Waals surface area contributed by atoms with Crippen molar-refractivity contribution >= 4 is 5.97 Å². The van der Waals surface area contributed by atoms with Crippen molar-refractivity contribution < 1.29 is 9.53 Å². The van der Waals surface area contributed by atoms with Gasteiger partial charge in [-0.25, -0.2) is 0 Å². The average Bonchev–Trinajstić information content (AvgIpc) is 2.24. The van der Waals surface area contributed by atoms with Crippen LogP contribution in [0.1, 0.15) is 33.1 Å². The van der Waals surface area contributed by atoms with E-state index in [9.17, 15) is 4.79 Å². The molecular formula is C10H16O2. The zero-order chi connectivity index (χ0) is 8.77. The van der Waals surface area contributed by atoms with E-state index in [0.29, 0.717) is 24.4 Å². The molecule has 0 radical (unpaired) electrons. The molecular weight excluding hydrogens is 152 g/mol. The predicted molar refractivity (Wildman–Crippen MR) is 45.6 cm³/mol. The number of carbonyl (C=O) groups is 1. The van der Waals surface area contributed by atoms with Crippen LogP contribution in [0, 0.1) is 17.3 Å². The number of esters is 1. The highest BCUT2D eigenvalue weighted by Gasteiger charge is 2.46. The standard InChI is InChI=1S/C10H16O2/c1-7-3-8-4-9(11)12-6-10(8,2)5-7/h7-8H,3-6H2,1-2H3/t7-,8-,10+/m1/s1. The number of carbonyl (C=O) groups excluding carboxylic acids is 1. The van der Waals surface area contributed by atoms with Gasteiger partial charge in [-0.15, -0.1) is 0 Å². The predicted octanol–water partition coefficient (Wildman–Crippen LogP) is 1.99. The highest BCUT2D eigenvalue weighted by Crippen LogP contribution is 2.49. The minimum Gasteiger partial charge on any atom is -0.465 e. The Morgan fingerprint density at radius 1 is 1.58 bits per heavy atom. The van der Waals surface area contributed by atoms with Crippen LogP contribution in [0.2, 0.25) is 0 Å². The highest BCUT2D eigenvalue weighted by molar-refractivity contribution is 5.70. The molecule has 1 aliphatic heterocycles. The summed E-state index contributed by atoms with van der Waals surface area (Å²) in [6, 6.07) is 0. The van der Waals surface area contributed by atoms with Gasteiger partial charge in [0.05, 0.1) is 6.61 Å². The number of rotatable bonds is 0. The van der Waals surface area contributed by atoms with Crippen molar-refractivity contribution in [3.05, 3.63) is 0 Å². The Morgan fingerprint density at radius 3 is 3.08 bits per heavy atom. The van der Waals surface area contributed by atoms with E-state index in [4.69, 9.17) is 4.74 Å². The van der Waals surface area contributed by atoms with Gasteiger partial charge in [-0.2, -0.15) is 0 Å². The molecule has 0 aromatic carbocycles. The fraction of sp³-hybridized carbons (Fsp3) is 0.900. The van der Waals surface area contributed by atoms with E-state index in [1.54, 1.807) is 0 Å². The van der Waals surface area contributed by atoms with Gasteiger partial charge in [0.2, 0.25) is 0 Å². The van der Waals surface area contributed by atoms with E-state index in [2.05, 4.69) is 13.8 Å². The molecule has 12 heavy (non-hydrogen) atoms. The summed E-state index contributed by atoms with van der Waals surface area (Å²) >= 11 is 0. The third-order valence-corrected chi connectivity index (χ3v) is 3.46. The quantitative estimate of drug-likeness (QED) is 0.517. The molecule has 1 heterocycles. The molecule has 0 unspecified atom stereocenters. The maximum atomic E-state index is 11.0. The van der Waals surface area contributed by atoms with E-state index in [1.165, 1.54) is 12.8 Å². The Hall–Kier alpha value is -0.530. The summed E-state index contributed by atoms with van der Waals surface area (Å²) in [5.41, 5.74) is 0.299. The van der Waals surface area contributed by atoms with Crippen LogP contribution in [0.25, 0.3) is 0 Å². The maximum Gasteiger partial charge on any atom is 0.306 e. The summed E-state index contributed by atoms with van der Waals surface area (Å²) in [6.45, 7) is 5.18. The Kier molecular flexibility index (Phi) is 1.67. The lowest BCUT2D eigenvalue weighted by Crippen LogP contribution is -2.36. The number of cyclic esters (lactones) is 1. The molecule has 1 saturated carbocycles. The molecule has 0 N–H and O–H groups in total. The number of hydrogen-bond donors (Lipinski definition) is 0. The Bertz CT molecular complexity index is 212. The first kappa shape index (κ1) is 8.09. The van der Waals surface area contributed by atoms with Crippen molar-refractivity contribution in [2.24, 2.45) is 17.3 Å². The smallest absolute Gasteiger partial charge is 0.306 e. The summed E-state index contributed by atoms with van der Waals surface area (Å²) < 4.78 is 5.10. The van der Waals surface area contributed by atoms with E-state index in [1.807, 2.05) is 0 Å². The minimum atomic E-state index is 0.00609. The lowest BCUT2D eigenvalue weighted by atomic mass is 9.77. The first-order valence-electron chi connectivity index (χ1n) is 4.76. The van der Waals surface area contributed by atoms with Crippen molar-refractivity contribution in [3.8, 4) is 0 Å². The summed E-state index contributed by atoms with van der Waals surface area (Å²) in [5.74, 6) is 1.37. The zero-order valence-electron chi connectivity index (χ0n) is 7.80. The second kappa shape index (κ2) is 2.48. The van der Waals surface area contributed by atoms with Crippen LogP contribution < -0.4 is 0 Å². The molecule has 2 heteroatoms. The third kappa shape index (κ3) is 1.13. The third-order valence-electron chi connectivity index (χ3n) is 3.46. The summed E-state index contributed by atoms with van der Waals surface area (Å²) in [4.78, 5) is 11.0. The van der Waals surface area contributed by atoms with Gasteiger partial charge in [0.1, 0.15) is 0 Å². The van der Waals surface area contributed by atoms with Gasteiger partial charge in [0.25, 0.3) is 0 Å². The Labute approximate surface area is 73.3 Å². The molecule has 0 aromatic rings. The summed E-state index contributed by atoms with van der Waals surface area (Å²) in [6.07, 6.45) is 3.09. The van der Waals surface area contributed by atoms with E-state index in [0.717, 1.165) is 5.92 Å². The van der Waals surface area contributed by atoms with Crippen LogP contribution in [0.3, 0.4) is 0 Å². The monoisotopic (exact) mass is 168 g/mol. The first-order valence-corrected chi connectivity index (χ1v) is 4.76. The lowest BCUT2D eigenvalue weighted by molar-refractivity contribution is -0.157. The van der Waals surface area contributed by atoms with Gasteiger partial charge in [-0.3, -0.25) is 4.79 Å². The Morgan fingerprint density at radius 2 is 2.33 bits per heavy atom. The van der Waals surface area contributed by atoms with E-state index in [-0.39, 0.29) is 5.97 Å². The van der Waals surface area contributed by atoms with Crippen molar-refractivity contribution in [2.75, 3.05) is 6.61 Å². The second-order valence-corrected chi connectivity index (χ2v) is 4.76. The zero-order valence-corrected chi connectivity index (χ0v) is 7.80. The van der Waals surface area contributed by atoms with Crippen LogP contribution in [-0.4, -0.2) is 12.6 Å². The topological polar surface area (TPSA) is 26.3 Å². The van der Waals surface area contributed by atoms with Crippen molar-refractivity contribution in [1.82, 2.24) is 0 Å². The molecule has 1 aliphatic carbocycles. The van der Waals surface area contributed by atoms with Crippen molar-refractivity contribution in [2.45, 2.75) is 33.1 Å². The average molecular weight is 168 g/mol. The van der Waals surface area contributed by atoms with Gasteiger partial charge >= 0.3 is 5.97 Å². The van der Waals surface area contributed by atoms with Crippen molar-refractivity contribution in [3.63, 3.8) is 0 Å². The van der Waals surface area contributed by atoms with E-state index < -0.39 is 0 Å². The number of ether oxygens (including phenoxy) is 1. The van der Waals surface area contributed by atoms with Gasteiger partial charge in [0, 0.05) is 11.8 Å². The van der Waals surface area contributed by atoms with Gasteiger partial charge in [0.15, 0.2) is 0 Å². The largest absolute Gasteiger partial charge is 0.465 e. The number of fused-ring (bicyclic) bond motifs is 1. The van der Waals surface area contributed by atoms with Crippen LogP contribution in [0.15, 0.2) is 0 Å². The molecule has 0 aromatic heterocycles. The molecule has 2 rings (SSSR count). The molecule has 2 aliphatic rings. The van der Waals surface area contributed by atoms with Crippen LogP contribution in [0.4, 0.5) is 0 Å². The van der Waals surface area contributed by atoms with Crippen LogP contribution in [-0.2, 0) is 9.53 Å². The second-order valence-electron chi connectivity index (χ2n) is 4.76. The van der Waals surface area contributed by atoms with Crippen LogP contribution in [0.5, 0.6) is 0 Å². The molecule has 0 bridgehead atoms. The molecule has 0 amide bonds. The van der Waals surface area contributed by atoms with Gasteiger partial charge < -0.3 is 4.74 Å². The molecule has 0 spiro atoms.